The van der Waals surface area contributed by atoms with Crippen LogP contribution < -0.4 is 0 Å². The van der Waals surface area contributed by atoms with E-state index in [9.17, 15) is 0 Å². The highest BCUT2D eigenvalue weighted by atomic mass is 14.0. The fraction of sp³-hybridized carbons (Fsp3) is 0.500. The van der Waals surface area contributed by atoms with E-state index in [1.54, 1.807) is 0 Å². The molecule has 1 rings (SSSR count). The van der Waals surface area contributed by atoms with Crippen LogP contribution in [0.1, 0.15) is 51.4 Å². The molecule has 0 atom stereocenters. The standard InChI is InChI=1S/C16H20/c1-15-11-7-3-5-9-13-16(2)14-10-6-4-8-12-15/h1-2,7-14H2. The van der Waals surface area contributed by atoms with Gasteiger partial charge in [-0.1, -0.05) is 24.3 Å². The Bertz CT molecular complexity index is 296. The molecule has 84 valence electrons. The van der Waals surface area contributed by atoms with Crippen molar-refractivity contribution in [2.45, 2.75) is 51.4 Å². The normalized spacial score (nSPS) is 18.8. The van der Waals surface area contributed by atoms with Crippen LogP contribution in [0, 0.1) is 23.7 Å². The molecule has 0 aromatic heterocycles. The Labute approximate surface area is 99.8 Å². The minimum Gasteiger partial charge on any atom is -0.103 e. The third kappa shape index (κ3) is 6.15. The lowest BCUT2D eigenvalue weighted by molar-refractivity contribution is 0.871. The van der Waals surface area contributed by atoms with Crippen LogP contribution in [-0.2, 0) is 0 Å². The quantitative estimate of drug-likeness (QED) is 0.416. The second kappa shape index (κ2) is 7.84. The van der Waals surface area contributed by atoms with Gasteiger partial charge in [-0.25, -0.2) is 0 Å². The number of rotatable bonds is 0. The Morgan fingerprint density at radius 1 is 0.562 bits per heavy atom. The summed E-state index contributed by atoms with van der Waals surface area (Å²) in [6.07, 6.45) is 7.87. The van der Waals surface area contributed by atoms with Crippen LogP contribution in [0.15, 0.2) is 24.3 Å². The Hall–Kier alpha value is -1.40. The predicted molar refractivity (Wildman–Crippen MR) is 70.8 cm³/mol. The van der Waals surface area contributed by atoms with Gasteiger partial charge in [0.25, 0.3) is 0 Å². The zero-order valence-corrected chi connectivity index (χ0v) is 10.1. The summed E-state index contributed by atoms with van der Waals surface area (Å²) in [5.41, 5.74) is 2.56. The van der Waals surface area contributed by atoms with Gasteiger partial charge in [0.05, 0.1) is 0 Å². The van der Waals surface area contributed by atoms with Gasteiger partial charge in [-0.15, -0.1) is 23.7 Å². The minimum absolute atomic E-state index is 0.943. The summed E-state index contributed by atoms with van der Waals surface area (Å²) >= 11 is 0. The molecule has 0 nitrogen and oxygen atoms in total. The number of hydrogen-bond donors (Lipinski definition) is 0. The molecule has 0 saturated carbocycles. The molecule has 0 aromatic rings. The molecule has 0 spiro atoms. The molecule has 0 heterocycles. The summed E-state index contributed by atoms with van der Waals surface area (Å²) in [5, 5.41) is 0. The second-order valence-corrected chi connectivity index (χ2v) is 4.21. The molecule has 1 aliphatic carbocycles. The Balaban J connectivity index is 2.46. The van der Waals surface area contributed by atoms with Crippen molar-refractivity contribution in [2.24, 2.45) is 0 Å². The van der Waals surface area contributed by atoms with Crippen LogP contribution in [0.3, 0.4) is 0 Å². The zero-order valence-electron chi connectivity index (χ0n) is 10.1. The molecule has 0 fully saturated rings. The van der Waals surface area contributed by atoms with Gasteiger partial charge in [0.15, 0.2) is 0 Å². The molecule has 0 bridgehead atoms. The topological polar surface area (TPSA) is 0 Å². The van der Waals surface area contributed by atoms with E-state index in [-0.39, 0.29) is 0 Å². The van der Waals surface area contributed by atoms with E-state index in [0.717, 1.165) is 51.4 Å². The molecule has 1 aliphatic rings. The van der Waals surface area contributed by atoms with E-state index in [1.165, 1.54) is 11.1 Å². The summed E-state index contributed by atoms with van der Waals surface area (Å²) in [6, 6.07) is 0. The molecule has 0 aliphatic heterocycles. The van der Waals surface area contributed by atoms with Crippen molar-refractivity contribution in [1.82, 2.24) is 0 Å². The summed E-state index contributed by atoms with van der Waals surface area (Å²) < 4.78 is 0. The first-order chi connectivity index (χ1) is 7.79. The zero-order chi connectivity index (χ0) is 11.6. The molecule has 0 saturated heterocycles. The molecular weight excluding hydrogens is 192 g/mol. The molecule has 0 radical (unpaired) electrons. The Morgan fingerprint density at radius 3 is 1.06 bits per heavy atom. The van der Waals surface area contributed by atoms with Crippen LogP contribution in [-0.4, -0.2) is 0 Å². The maximum absolute atomic E-state index is 4.05. The largest absolute Gasteiger partial charge is 0.103 e. The average Bonchev–Trinajstić information content (AvgIpc) is 2.27. The molecule has 0 heteroatoms. The second-order valence-electron chi connectivity index (χ2n) is 4.21. The van der Waals surface area contributed by atoms with Crippen molar-refractivity contribution in [2.75, 3.05) is 0 Å². The molecule has 16 heavy (non-hydrogen) atoms. The molecular formula is C16H20. The van der Waals surface area contributed by atoms with E-state index >= 15 is 0 Å². The summed E-state index contributed by atoms with van der Waals surface area (Å²) in [4.78, 5) is 0. The average molecular weight is 212 g/mol. The first-order valence-electron chi connectivity index (χ1n) is 6.04. The van der Waals surface area contributed by atoms with Crippen molar-refractivity contribution >= 4 is 0 Å². The van der Waals surface area contributed by atoms with Crippen molar-refractivity contribution < 1.29 is 0 Å². The van der Waals surface area contributed by atoms with Crippen molar-refractivity contribution in [3.8, 4) is 23.7 Å². The van der Waals surface area contributed by atoms with Crippen molar-refractivity contribution in [3.63, 3.8) is 0 Å². The van der Waals surface area contributed by atoms with Gasteiger partial charge in [0.2, 0.25) is 0 Å². The van der Waals surface area contributed by atoms with E-state index in [4.69, 9.17) is 0 Å². The maximum Gasteiger partial charge on any atom is 0.0126 e. The minimum atomic E-state index is 0.943. The third-order valence-corrected chi connectivity index (χ3v) is 2.66. The molecule has 0 unspecified atom stereocenters. The first-order valence-corrected chi connectivity index (χ1v) is 6.04. The van der Waals surface area contributed by atoms with Gasteiger partial charge in [0, 0.05) is 25.7 Å². The van der Waals surface area contributed by atoms with E-state index < -0.39 is 0 Å². The van der Waals surface area contributed by atoms with Crippen molar-refractivity contribution in [1.29, 1.82) is 0 Å². The van der Waals surface area contributed by atoms with Crippen LogP contribution in [0.2, 0.25) is 0 Å². The van der Waals surface area contributed by atoms with E-state index in [0.29, 0.717) is 0 Å². The highest BCUT2D eigenvalue weighted by Crippen LogP contribution is 2.11. The fourth-order valence-electron chi connectivity index (χ4n) is 1.56. The lowest BCUT2D eigenvalue weighted by Gasteiger charge is -2.01. The van der Waals surface area contributed by atoms with Gasteiger partial charge in [-0.3, -0.25) is 0 Å². The van der Waals surface area contributed by atoms with Crippen molar-refractivity contribution in [3.05, 3.63) is 24.3 Å². The lowest BCUT2D eigenvalue weighted by atomic mass is 10.0. The molecule has 0 N–H and O–H groups in total. The number of hydrogen-bond acceptors (Lipinski definition) is 0. The highest BCUT2D eigenvalue weighted by Gasteiger charge is 1.94. The highest BCUT2D eigenvalue weighted by molar-refractivity contribution is 5.10. The van der Waals surface area contributed by atoms with Gasteiger partial charge in [-0.05, 0) is 25.7 Å². The smallest absolute Gasteiger partial charge is 0.0126 e. The lowest BCUT2D eigenvalue weighted by Crippen LogP contribution is -1.84. The summed E-state index contributed by atoms with van der Waals surface area (Å²) in [6.45, 7) is 8.09. The third-order valence-electron chi connectivity index (χ3n) is 2.66. The monoisotopic (exact) mass is 212 g/mol. The Kier molecular flexibility index (Phi) is 6.20. The maximum atomic E-state index is 4.05. The van der Waals surface area contributed by atoms with Crippen LogP contribution >= 0.6 is 0 Å². The van der Waals surface area contributed by atoms with Gasteiger partial charge < -0.3 is 0 Å². The van der Waals surface area contributed by atoms with Gasteiger partial charge in [0.1, 0.15) is 0 Å². The summed E-state index contributed by atoms with van der Waals surface area (Å²) in [7, 11) is 0. The van der Waals surface area contributed by atoms with Crippen LogP contribution in [0.5, 0.6) is 0 Å². The SMILES string of the molecule is C=C1CCC#CCCC(=C)CCC#CCC1. The van der Waals surface area contributed by atoms with Crippen LogP contribution in [0.4, 0.5) is 0 Å². The Morgan fingerprint density at radius 2 is 0.812 bits per heavy atom. The van der Waals surface area contributed by atoms with Crippen LogP contribution in [0.25, 0.3) is 0 Å². The molecule has 0 amide bonds. The fourth-order valence-corrected chi connectivity index (χ4v) is 1.56. The van der Waals surface area contributed by atoms with E-state index in [2.05, 4.69) is 36.8 Å². The van der Waals surface area contributed by atoms with Gasteiger partial charge >= 0.3 is 0 Å². The molecule has 0 aromatic carbocycles. The number of allylic oxidation sites excluding steroid dienone is 2. The van der Waals surface area contributed by atoms with Gasteiger partial charge in [-0.2, -0.15) is 0 Å². The summed E-state index contributed by atoms with van der Waals surface area (Å²) in [5.74, 6) is 12.8. The first kappa shape index (κ1) is 12.7. The van der Waals surface area contributed by atoms with E-state index in [1.807, 2.05) is 0 Å². The predicted octanol–water partition coefficient (Wildman–Crippen LogP) is 4.24.